The molecular formula is C20H21ClN2O5S. The predicted octanol–water partition coefficient (Wildman–Crippen LogP) is 3.82. The van der Waals surface area contributed by atoms with Crippen LogP contribution >= 0.6 is 11.6 Å². The molecule has 0 radical (unpaired) electrons. The number of urea groups is 1. The van der Waals surface area contributed by atoms with E-state index >= 15 is 0 Å². The Balaban J connectivity index is 1.89. The Bertz CT molecular complexity index is 1100. The summed E-state index contributed by atoms with van der Waals surface area (Å²) in [6.07, 6.45) is 2.05. The Morgan fingerprint density at radius 1 is 1.10 bits per heavy atom. The zero-order valence-electron chi connectivity index (χ0n) is 16.4. The highest BCUT2D eigenvalue weighted by atomic mass is 35.5. The number of hydrogen-bond acceptors (Lipinski definition) is 5. The van der Waals surface area contributed by atoms with Crippen LogP contribution in [0, 0.1) is 12.8 Å². The van der Waals surface area contributed by atoms with Gasteiger partial charge in [-0.1, -0.05) is 34.9 Å². The molecule has 2 amide bonds. The molecule has 1 aromatic carbocycles. The van der Waals surface area contributed by atoms with Gasteiger partial charge in [0.05, 0.1) is 10.7 Å². The predicted molar refractivity (Wildman–Crippen MR) is 111 cm³/mol. The molecule has 1 heterocycles. The van der Waals surface area contributed by atoms with Crippen LogP contribution in [0.25, 0.3) is 0 Å². The molecule has 1 aliphatic heterocycles. The number of carbonyl (C=O) groups is 2. The molecule has 0 bridgehead atoms. The summed E-state index contributed by atoms with van der Waals surface area (Å²) in [7, 11) is -4.29. The van der Waals surface area contributed by atoms with Crippen molar-refractivity contribution in [3.05, 3.63) is 62.6 Å². The second kappa shape index (κ2) is 7.68. The van der Waals surface area contributed by atoms with Gasteiger partial charge in [0.1, 0.15) is 4.91 Å². The first kappa shape index (κ1) is 21.1. The monoisotopic (exact) mass is 436 g/mol. The lowest BCUT2D eigenvalue weighted by atomic mass is 9.81. The molecule has 154 valence electrons. The topological polar surface area (TPSA) is 102 Å². The summed E-state index contributed by atoms with van der Waals surface area (Å²) in [6, 6.07) is 3.99. The molecule has 3 rings (SSSR count). The largest absolute Gasteiger partial charge is 0.452 e. The third kappa shape index (κ3) is 4.23. The van der Waals surface area contributed by atoms with Gasteiger partial charge >= 0.3 is 12.0 Å². The van der Waals surface area contributed by atoms with Crippen molar-refractivity contribution in [3.63, 3.8) is 0 Å². The zero-order chi connectivity index (χ0) is 21.5. The fourth-order valence-electron chi connectivity index (χ4n) is 3.68. The van der Waals surface area contributed by atoms with Crippen molar-refractivity contribution in [2.24, 2.45) is 5.92 Å². The molecule has 0 saturated heterocycles. The van der Waals surface area contributed by atoms with E-state index in [-0.39, 0.29) is 15.6 Å². The number of ether oxygens (including phenoxy) is 1. The number of hydrogen-bond donors (Lipinski definition) is 2. The second-order valence-corrected chi connectivity index (χ2v) is 9.26. The maximum absolute atomic E-state index is 13.0. The van der Waals surface area contributed by atoms with Gasteiger partial charge in [0.25, 0.3) is 10.0 Å². The van der Waals surface area contributed by atoms with Crippen LogP contribution in [0.2, 0.25) is 5.02 Å². The van der Waals surface area contributed by atoms with Gasteiger partial charge in [0.15, 0.2) is 6.10 Å². The Labute approximate surface area is 174 Å². The summed E-state index contributed by atoms with van der Waals surface area (Å²) in [5.41, 5.74) is 3.16. The van der Waals surface area contributed by atoms with Crippen molar-refractivity contribution in [1.29, 1.82) is 0 Å². The minimum absolute atomic E-state index is 0.140. The Kier molecular flexibility index (Phi) is 5.60. The molecule has 2 aliphatic rings. The third-order valence-corrected chi connectivity index (χ3v) is 6.75. The van der Waals surface area contributed by atoms with Gasteiger partial charge in [-0.2, -0.15) is 0 Å². The van der Waals surface area contributed by atoms with Gasteiger partial charge in [0.2, 0.25) is 0 Å². The highest BCUT2D eigenvalue weighted by Crippen LogP contribution is 2.40. The summed E-state index contributed by atoms with van der Waals surface area (Å²) >= 11 is 6.08. The Hall–Kier alpha value is -2.58. The van der Waals surface area contributed by atoms with Crippen LogP contribution in [0.4, 0.5) is 10.5 Å². The van der Waals surface area contributed by atoms with E-state index in [0.29, 0.717) is 11.1 Å². The number of nitrogens with one attached hydrogen (secondary N) is 2. The van der Waals surface area contributed by atoms with Crippen LogP contribution in [0.5, 0.6) is 0 Å². The lowest BCUT2D eigenvalue weighted by molar-refractivity contribution is -0.143. The number of allylic oxidation sites excluding steroid dienone is 2. The molecule has 0 spiro atoms. The van der Waals surface area contributed by atoms with Gasteiger partial charge in [-0.15, -0.1) is 0 Å². The average Bonchev–Trinajstić information content (AvgIpc) is 2.55. The van der Waals surface area contributed by atoms with E-state index in [1.807, 2.05) is 18.6 Å². The van der Waals surface area contributed by atoms with Gasteiger partial charge in [0, 0.05) is 12.0 Å². The molecule has 1 aromatic rings. The molecule has 2 unspecified atom stereocenters. The quantitative estimate of drug-likeness (QED) is 0.701. The molecule has 1 aliphatic carbocycles. The maximum Gasteiger partial charge on any atom is 0.333 e. The second-order valence-electron chi connectivity index (χ2n) is 7.20. The van der Waals surface area contributed by atoms with Crippen molar-refractivity contribution in [1.82, 2.24) is 4.72 Å². The maximum atomic E-state index is 13.0. The molecule has 9 heteroatoms. The van der Waals surface area contributed by atoms with Gasteiger partial charge in [-0.05, 0) is 51.0 Å². The molecule has 0 fully saturated rings. The Morgan fingerprint density at radius 2 is 1.76 bits per heavy atom. The lowest BCUT2D eigenvalue weighted by Gasteiger charge is -2.36. The molecule has 0 aromatic heterocycles. The van der Waals surface area contributed by atoms with Gasteiger partial charge in [-0.25, -0.2) is 22.7 Å². The number of carbonyl (C=O) groups excluding carboxylic acids is 2. The number of aryl methyl sites for hydroxylation is 1. The highest BCUT2D eigenvalue weighted by molar-refractivity contribution is 7.94. The van der Waals surface area contributed by atoms with E-state index < -0.39 is 34.0 Å². The number of anilines is 1. The number of benzene rings is 1. The number of amides is 2. The summed E-state index contributed by atoms with van der Waals surface area (Å²) < 4.78 is 33.4. The van der Waals surface area contributed by atoms with E-state index in [9.17, 15) is 18.0 Å². The molecular weight excluding hydrogens is 416 g/mol. The SMILES string of the molecule is CC1=CC(=O)OC2C(S(=O)(=O)NC(=O)Nc3ccc(C)cc3Cl)=C(C)C=C(C)C12. The summed E-state index contributed by atoms with van der Waals surface area (Å²) in [6.45, 7) is 7.04. The van der Waals surface area contributed by atoms with Crippen LogP contribution in [0.3, 0.4) is 0 Å². The van der Waals surface area contributed by atoms with E-state index in [2.05, 4.69) is 5.32 Å². The minimum atomic E-state index is -4.29. The first-order valence-corrected chi connectivity index (χ1v) is 10.7. The first-order chi connectivity index (χ1) is 13.5. The normalized spacial score (nSPS) is 21.6. The minimum Gasteiger partial charge on any atom is -0.452 e. The van der Waals surface area contributed by atoms with E-state index in [1.165, 1.54) is 6.08 Å². The molecule has 29 heavy (non-hydrogen) atoms. The van der Waals surface area contributed by atoms with E-state index in [0.717, 1.165) is 11.1 Å². The van der Waals surface area contributed by atoms with E-state index in [4.69, 9.17) is 16.3 Å². The van der Waals surface area contributed by atoms with Gasteiger partial charge < -0.3 is 10.1 Å². The van der Waals surface area contributed by atoms with Crippen LogP contribution in [-0.2, 0) is 19.6 Å². The molecule has 2 N–H and O–H groups in total. The fraction of sp³-hybridized carbons (Fsp3) is 0.300. The summed E-state index contributed by atoms with van der Waals surface area (Å²) in [5, 5.41) is 2.71. The zero-order valence-corrected chi connectivity index (χ0v) is 17.9. The highest BCUT2D eigenvalue weighted by Gasteiger charge is 2.43. The number of rotatable bonds is 3. The fourth-order valence-corrected chi connectivity index (χ4v) is 5.34. The average molecular weight is 437 g/mol. The van der Waals surface area contributed by atoms with Crippen LogP contribution in [0.15, 0.2) is 52.0 Å². The van der Waals surface area contributed by atoms with Crippen LogP contribution < -0.4 is 10.0 Å². The number of esters is 1. The number of fused-ring (bicyclic) bond motifs is 1. The van der Waals surface area contributed by atoms with Crippen molar-refractivity contribution in [2.75, 3.05) is 5.32 Å². The molecule has 2 atom stereocenters. The summed E-state index contributed by atoms with van der Waals surface area (Å²) in [4.78, 5) is 24.1. The smallest absolute Gasteiger partial charge is 0.333 e. The van der Waals surface area contributed by atoms with E-state index in [1.54, 1.807) is 38.1 Å². The van der Waals surface area contributed by atoms with Crippen LogP contribution in [0.1, 0.15) is 26.3 Å². The van der Waals surface area contributed by atoms with Crippen LogP contribution in [-0.4, -0.2) is 26.5 Å². The third-order valence-electron chi connectivity index (χ3n) is 4.85. The number of halogens is 1. The van der Waals surface area contributed by atoms with Crippen molar-refractivity contribution in [3.8, 4) is 0 Å². The van der Waals surface area contributed by atoms with Crippen molar-refractivity contribution in [2.45, 2.75) is 33.8 Å². The first-order valence-electron chi connectivity index (χ1n) is 8.87. The van der Waals surface area contributed by atoms with Gasteiger partial charge in [-0.3, -0.25) is 0 Å². The molecule has 7 nitrogen and oxygen atoms in total. The molecule has 0 saturated carbocycles. The lowest BCUT2D eigenvalue weighted by Crippen LogP contribution is -2.44. The number of sulfonamides is 1. The summed E-state index contributed by atoms with van der Waals surface area (Å²) in [5.74, 6) is -1.01. The van der Waals surface area contributed by atoms with Crippen molar-refractivity contribution >= 4 is 39.3 Å². The van der Waals surface area contributed by atoms with Crippen molar-refractivity contribution < 1.29 is 22.7 Å². The Morgan fingerprint density at radius 3 is 2.41 bits per heavy atom. The standard InChI is InChI=1S/C20H21ClN2O5S/c1-10-5-6-15(14(21)7-10)22-20(25)23-29(26,27)19-13(4)8-11(2)17-12(3)9-16(24)28-18(17)19/h5-9,17-18H,1-4H3,(H2,22,23,25).